The van der Waals surface area contributed by atoms with Crippen molar-refractivity contribution >= 4 is 124 Å². The number of imide groups is 2. The second-order valence-corrected chi connectivity index (χ2v) is 20.4. The summed E-state index contributed by atoms with van der Waals surface area (Å²) in [5.41, 5.74) is -0.826. The first kappa shape index (κ1) is 49.4. The Morgan fingerprint density at radius 2 is 0.838 bits per heavy atom. The third kappa shape index (κ3) is 10.5. The number of rotatable bonds is 4. The highest BCUT2D eigenvalue weighted by molar-refractivity contribution is 8.77. The van der Waals surface area contributed by atoms with Gasteiger partial charge in [-0.05, 0) is 54.6 Å². The molecule has 0 spiro atoms. The Hall–Kier alpha value is -6.50. The maximum atomic E-state index is 14.0. The monoisotopic (exact) mass is 1010 g/mol. The third-order valence-corrected chi connectivity index (χ3v) is 15.8. The van der Waals surface area contributed by atoms with Crippen LogP contribution in [0.2, 0.25) is 0 Å². The Labute approximate surface area is 401 Å². The second kappa shape index (κ2) is 21.6. The van der Waals surface area contributed by atoms with Crippen molar-refractivity contribution < 1.29 is 77.8 Å². The largest absolute Gasteiger partial charge is 0.493 e. The molecule has 0 unspecified atom stereocenters. The molecule has 6 N–H and O–H groups in total. The zero-order valence-corrected chi connectivity index (χ0v) is 38.6. The summed E-state index contributed by atoms with van der Waals surface area (Å²) < 4.78 is 12.0. The Bertz CT molecular complexity index is 2520. The summed E-state index contributed by atoms with van der Waals surface area (Å²) in [4.78, 5) is 132. The van der Waals surface area contributed by atoms with E-state index in [1.54, 1.807) is 24.3 Å². The van der Waals surface area contributed by atoms with Gasteiger partial charge in [-0.25, -0.2) is 19.2 Å². The smallest absolute Gasteiger partial charge is 0.327 e. The van der Waals surface area contributed by atoms with Crippen LogP contribution in [0.15, 0.2) is 60.7 Å². The van der Waals surface area contributed by atoms with Crippen molar-refractivity contribution in [2.75, 3.05) is 36.2 Å². The molecule has 356 valence electrons. The average Bonchev–Trinajstić information content (AvgIpc) is 3.30. The number of carbonyl (C=O) groups excluding carboxylic acids is 6. The minimum absolute atomic E-state index is 0.0611. The van der Waals surface area contributed by atoms with Crippen molar-refractivity contribution in [2.45, 2.75) is 49.9 Å². The van der Waals surface area contributed by atoms with E-state index in [0.717, 1.165) is 48.6 Å². The predicted octanol–water partition coefficient (Wildman–Crippen LogP) is 4.02. The lowest BCUT2D eigenvalue weighted by Crippen LogP contribution is -2.53. The van der Waals surface area contributed by atoms with Gasteiger partial charge in [-0.2, -0.15) is 0 Å². The molecule has 0 aliphatic carbocycles. The van der Waals surface area contributed by atoms with E-state index in [1.807, 2.05) is 12.1 Å². The fraction of sp³-hybridized carbons (Fsp3) is 0.318. The first-order valence-corrected chi connectivity index (χ1v) is 25.7. The van der Waals surface area contributed by atoms with Gasteiger partial charge in [0, 0.05) is 68.9 Å². The number of amides is 6. The fourth-order valence-electron chi connectivity index (χ4n) is 7.67. The van der Waals surface area contributed by atoms with E-state index in [0.29, 0.717) is 26.7 Å². The number of carboxylic acids is 4. The molecule has 4 atom stereocenters. The van der Waals surface area contributed by atoms with Crippen LogP contribution in [0.3, 0.4) is 0 Å². The fourth-order valence-corrected chi connectivity index (χ4v) is 12.4. The van der Waals surface area contributed by atoms with Crippen molar-refractivity contribution in [1.82, 2.24) is 20.4 Å². The minimum atomic E-state index is -1.77. The molecule has 4 aromatic rings. The second-order valence-electron chi connectivity index (χ2n) is 15.3. The van der Waals surface area contributed by atoms with E-state index in [4.69, 9.17) is 9.47 Å². The molecule has 6 aliphatic rings. The van der Waals surface area contributed by atoms with Gasteiger partial charge in [0.1, 0.15) is 35.7 Å². The predicted molar refractivity (Wildman–Crippen MR) is 250 cm³/mol. The van der Waals surface area contributed by atoms with Gasteiger partial charge in [0.2, 0.25) is 11.8 Å². The van der Waals surface area contributed by atoms with E-state index in [1.165, 1.54) is 24.3 Å². The first-order valence-electron chi connectivity index (χ1n) is 20.7. The van der Waals surface area contributed by atoms with Crippen LogP contribution >= 0.6 is 43.2 Å². The summed E-state index contributed by atoms with van der Waals surface area (Å²) in [6.45, 7) is 0.122. The van der Waals surface area contributed by atoms with Crippen LogP contribution in [-0.2, 0) is 28.8 Å². The van der Waals surface area contributed by atoms with Crippen molar-refractivity contribution in [1.29, 1.82) is 0 Å². The molecule has 0 radical (unpaired) electrons. The van der Waals surface area contributed by atoms with Gasteiger partial charge in [0.15, 0.2) is 0 Å². The summed E-state index contributed by atoms with van der Waals surface area (Å²) >= 11 is 0. The number of hydrogen-bond acceptors (Lipinski definition) is 16. The molecule has 0 fully saturated rings. The summed E-state index contributed by atoms with van der Waals surface area (Å²) in [6, 6.07) is 8.97. The summed E-state index contributed by atoms with van der Waals surface area (Å²) in [7, 11) is 3.49. The van der Waals surface area contributed by atoms with Gasteiger partial charge in [0.05, 0.1) is 18.6 Å². The minimum Gasteiger partial charge on any atom is -0.493 e. The molecular weight excluding hydrogens is 969 g/mol. The maximum absolute atomic E-state index is 14.0. The van der Waals surface area contributed by atoms with Gasteiger partial charge in [-0.1, -0.05) is 67.4 Å². The maximum Gasteiger partial charge on any atom is 0.327 e. The van der Waals surface area contributed by atoms with Crippen LogP contribution in [0.5, 0.6) is 11.5 Å². The highest BCUT2D eigenvalue weighted by Gasteiger charge is 2.46. The van der Waals surface area contributed by atoms with Crippen LogP contribution in [0.1, 0.15) is 67.1 Å². The number of nitrogens with one attached hydrogen (secondary N) is 2. The van der Waals surface area contributed by atoms with Gasteiger partial charge < -0.3 is 40.5 Å². The molecule has 24 heteroatoms. The van der Waals surface area contributed by atoms with Crippen LogP contribution in [0, 0.1) is 0 Å². The van der Waals surface area contributed by atoms with Crippen LogP contribution in [0.4, 0.5) is 0 Å². The number of ether oxygens (including phenoxy) is 2. The van der Waals surface area contributed by atoms with E-state index < -0.39 is 95.0 Å². The highest BCUT2D eigenvalue weighted by atomic mass is 33.1. The number of carboxylic acid groups (broad SMARTS) is 4. The Morgan fingerprint density at radius 3 is 1.18 bits per heavy atom. The number of benzene rings is 4. The van der Waals surface area contributed by atoms with Crippen molar-refractivity contribution in [3.05, 3.63) is 82.9 Å². The number of nitrogens with zero attached hydrogens (tertiary/aromatic N) is 2. The Morgan fingerprint density at radius 1 is 0.485 bits per heavy atom. The van der Waals surface area contributed by atoms with Crippen molar-refractivity contribution in [3.63, 3.8) is 0 Å². The van der Waals surface area contributed by atoms with E-state index in [2.05, 4.69) is 10.6 Å². The van der Waals surface area contributed by atoms with E-state index in [9.17, 15) is 68.4 Å². The summed E-state index contributed by atoms with van der Waals surface area (Å²) in [5, 5.41) is 46.3. The van der Waals surface area contributed by atoms with Crippen LogP contribution < -0.4 is 20.1 Å². The van der Waals surface area contributed by atoms with Crippen molar-refractivity contribution in [3.8, 4) is 11.5 Å². The van der Waals surface area contributed by atoms with Crippen LogP contribution in [-0.4, -0.2) is 150 Å². The topological polar surface area (TPSA) is 301 Å². The normalized spacial score (nSPS) is 21.8. The summed E-state index contributed by atoms with van der Waals surface area (Å²) in [5.74, 6) is -11.7. The van der Waals surface area contributed by atoms with Crippen molar-refractivity contribution in [2.24, 2.45) is 0 Å². The Balaban J connectivity index is 1.13. The molecule has 0 saturated carbocycles. The number of aliphatic carboxylic acids is 4. The highest BCUT2D eigenvalue weighted by Crippen LogP contribution is 2.40. The molecule has 6 heterocycles. The van der Waals surface area contributed by atoms with Gasteiger partial charge in [-0.15, -0.1) is 0 Å². The molecule has 6 amide bonds. The number of carbonyl (C=O) groups is 10. The lowest BCUT2D eigenvalue weighted by atomic mass is 9.85. The molecule has 68 heavy (non-hydrogen) atoms. The lowest BCUT2D eigenvalue weighted by Gasteiger charge is -2.35. The third-order valence-electron chi connectivity index (χ3n) is 10.9. The zero-order valence-electron chi connectivity index (χ0n) is 35.4. The SMILES string of the molecule is O=C1CCCOc2cccc3cccc(c23)OCCCC(=O)N[C@H](C(=O)O)CSSC[C@@H](C(=O)O)N2C(=O)c3ccc4c5c(ccc(c35)C2=O)C(=O)N(C4=O)[C@H](C(=O)O)CSSC[C@@H](C(=O)O)N1. The number of hydrogen-bond donors (Lipinski definition) is 6. The zero-order chi connectivity index (χ0) is 48.8. The Kier molecular flexibility index (Phi) is 15.7. The molecular formula is C44H40N4O16S4. The summed E-state index contributed by atoms with van der Waals surface area (Å²) in [6.07, 6.45) is 0.154. The molecule has 6 aliphatic heterocycles. The first-order chi connectivity index (χ1) is 32.6. The molecule has 20 nitrogen and oxygen atoms in total. The van der Waals surface area contributed by atoms with E-state index in [-0.39, 0.29) is 83.4 Å². The molecule has 4 aromatic carbocycles. The van der Waals surface area contributed by atoms with Gasteiger partial charge >= 0.3 is 23.9 Å². The standard InChI is InChI=1S/C44H40N4O16S4/c49-32-9-3-15-63-30-7-1-5-21-6-2-8-31(34(21)30)64-16-4-10-33(50)46-27(42(57)58)18-66-68-20-29(44(61)62)48-39(53)24-13-11-22-35-23(12-14-25(36(24)35)40(48)54)38(52)47(37(22)51)28(43(59)60)19-67-65-17-26(45-32)41(55)56/h1-2,5-8,11-14,26-29H,3-4,9-10,15-20H2,(H,45,49)(H,46,50)(H,55,56)(H,57,58)(H,59,60)(H,61,62)/t26-,27-,28-,29-/m0/s1. The molecule has 0 aromatic heterocycles. The van der Waals surface area contributed by atoms with E-state index >= 15 is 0 Å². The molecule has 10 rings (SSSR count). The van der Waals surface area contributed by atoms with Gasteiger partial charge in [-0.3, -0.25) is 38.6 Å². The quantitative estimate of drug-likeness (QED) is 0.124. The molecule has 8 bridgehead atoms. The van der Waals surface area contributed by atoms with Gasteiger partial charge in [0.25, 0.3) is 23.6 Å². The number of fused-ring (bicyclic) bond motifs is 2. The molecule has 0 saturated heterocycles. The average molecular weight is 1010 g/mol. The lowest BCUT2D eigenvalue weighted by molar-refractivity contribution is -0.141. The van der Waals surface area contributed by atoms with Crippen LogP contribution in [0.25, 0.3) is 21.5 Å².